The molecule has 14 heavy (non-hydrogen) atoms. The Morgan fingerprint density at radius 1 is 1.36 bits per heavy atom. The Hall–Kier alpha value is 0.110. The Kier molecular flexibility index (Phi) is 5.71. The Morgan fingerprint density at radius 2 is 2.00 bits per heavy atom. The van der Waals surface area contributed by atoms with Gasteiger partial charge in [-0.05, 0) is 31.2 Å². The van der Waals surface area contributed by atoms with Crippen molar-refractivity contribution >= 4 is 10.8 Å². The molecule has 3 heteroatoms. The van der Waals surface area contributed by atoms with Crippen molar-refractivity contribution in [2.75, 3.05) is 18.1 Å². The minimum atomic E-state index is -0.628. The van der Waals surface area contributed by atoms with Gasteiger partial charge in [0.2, 0.25) is 0 Å². The van der Waals surface area contributed by atoms with Gasteiger partial charge in [-0.3, -0.25) is 4.21 Å². The number of rotatable bonds is 5. The summed E-state index contributed by atoms with van der Waals surface area (Å²) in [7, 11) is -0.628. The highest BCUT2D eigenvalue weighted by Crippen LogP contribution is 2.24. The molecule has 0 aromatic carbocycles. The second-order valence-electron chi connectivity index (χ2n) is 4.62. The molecule has 0 aromatic heterocycles. The summed E-state index contributed by atoms with van der Waals surface area (Å²) in [5.41, 5.74) is 5.52. The molecule has 2 unspecified atom stereocenters. The number of nitrogens with two attached hydrogens (primary N) is 1. The van der Waals surface area contributed by atoms with E-state index in [1.54, 1.807) is 0 Å². The summed E-state index contributed by atoms with van der Waals surface area (Å²) in [6, 6.07) is 0. The van der Waals surface area contributed by atoms with Gasteiger partial charge in [-0.15, -0.1) is 0 Å². The van der Waals surface area contributed by atoms with Crippen molar-refractivity contribution in [1.82, 2.24) is 0 Å². The van der Waals surface area contributed by atoms with Crippen LogP contribution in [0.15, 0.2) is 0 Å². The van der Waals surface area contributed by atoms with E-state index in [0.29, 0.717) is 12.5 Å². The van der Waals surface area contributed by atoms with Crippen LogP contribution in [0.5, 0.6) is 0 Å². The van der Waals surface area contributed by atoms with Gasteiger partial charge in [0.25, 0.3) is 0 Å². The summed E-state index contributed by atoms with van der Waals surface area (Å²) in [5.74, 6) is 2.87. The second kappa shape index (κ2) is 6.57. The zero-order valence-electron chi connectivity index (χ0n) is 9.21. The molecule has 0 radical (unpaired) electrons. The van der Waals surface area contributed by atoms with Gasteiger partial charge in [0.15, 0.2) is 0 Å². The maximum atomic E-state index is 11.7. The van der Waals surface area contributed by atoms with Gasteiger partial charge in [0.05, 0.1) is 0 Å². The molecule has 2 nitrogen and oxygen atoms in total. The van der Waals surface area contributed by atoms with Crippen molar-refractivity contribution in [3.8, 4) is 0 Å². The highest BCUT2D eigenvalue weighted by atomic mass is 32.2. The lowest BCUT2D eigenvalue weighted by atomic mass is 9.91. The summed E-state index contributed by atoms with van der Waals surface area (Å²) in [6.07, 6.45) is 6.65. The van der Waals surface area contributed by atoms with E-state index in [2.05, 4.69) is 6.92 Å². The van der Waals surface area contributed by atoms with Crippen molar-refractivity contribution in [3.63, 3.8) is 0 Å². The van der Waals surface area contributed by atoms with Gasteiger partial charge >= 0.3 is 0 Å². The molecule has 1 aliphatic carbocycles. The van der Waals surface area contributed by atoms with Crippen LogP contribution in [0.1, 0.15) is 39.0 Å². The van der Waals surface area contributed by atoms with E-state index in [4.69, 9.17) is 5.73 Å². The van der Waals surface area contributed by atoms with Crippen LogP contribution in [0.3, 0.4) is 0 Å². The summed E-state index contributed by atoms with van der Waals surface area (Å²) in [4.78, 5) is 0. The molecular weight excluding hydrogens is 194 g/mol. The predicted molar refractivity (Wildman–Crippen MR) is 62.7 cm³/mol. The maximum absolute atomic E-state index is 11.7. The molecule has 1 fully saturated rings. The zero-order chi connectivity index (χ0) is 10.4. The lowest BCUT2D eigenvalue weighted by Gasteiger charge is -2.21. The van der Waals surface area contributed by atoms with Crippen LogP contribution < -0.4 is 5.73 Å². The van der Waals surface area contributed by atoms with E-state index >= 15 is 0 Å². The molecular formula is C11H23NOS. The number of hydrogen-bond donors (Lipinski definition) is 1. The first-order valence-electron chi connectivity index (χ1n) is 5.77. The van der Waals surface area contributed by atoms with E-state index in [-0.39, 0.29) is 0 Å². The topological polar surface area (TPSA) is 43.1 Å². The van der Waals surface area contributed by atoms with E-state index in [9.17, 15) is 4.21 Å². The molecule has 1 saturated carbocycles. The maximum Gasteiger partial charge on any atom is 0.0272 e. The summed E-state index contributed by atoms with van der Waals surface area (Å²) in [5, 5.41) is 0. The van der Waals surface area contributed by atoms with Crippen LogP contribution in [0.25, 0.3) is 0 Å². The van der Waals surface area contributed by atoms with E-state index < -0.39 is 10.8 Å². The Balaban J connectivity index is 2.18. The minimum absolute atomic E-state index is 0.416. The minimum Gasteiger partial charge on any atom is -0.330 e. The fourth-order valence-electron chi connectivity index (χ4n) is 2.07. The Morgan fingerprint density at radius 3 is 2.57 bits per heavy atom. The SMILES string of the molecule is CC(CN)CS(=O)CC1CCCCC1. The molecule has 0 saturated heterocycles. The summed E-state index contributed by atoms with van der Waals surface area (Å²) in [6.45, 7) is 2.75. The van der Waals surface area contributed by atoms with Crippen molar-refractivity contribution in [3.05, 3.63) is 0 Å². The van der Waals surface area contributed by atoms with Gasteiger partial charge in [0, 0.05) is 22.3 Å². The van der Waals surface area contributed by atoms with Crippen molar-refractivity contribution < 1.29 is 4.21 Å². The van der Waals surface area contributed by atoms with Gasteiger partial charge in [0.1, 0.15) is 0 Å². The first-order chi connectivity index (χ1) is 6.72. The van der Waals surface area contributed by atoms with Gasteiger partial charge < -0.3 is 5.73 Å². The first-order valence-corrected chi connectivity index (χ1v) is 7.26. The molecule has 2 atom stereocenters. The lowest BCUT2D eigenvalue weighted by molar-refractivity contribution is 0.388. The van der Waals surface area contributed by atoms with Crippen LogP contribution in [-0.4, -0.2) is 22.3 Å². The summed E-state index contributed by atoms with van der Waals surface area (Å²) < 4.78 is 11.7. The zero-order valence-corrected chi connectivity index (χ0v) is 10.0. The molecule has 2 N–H and O–H groups in total. The van der Waals surface area contributed by atoms with Gasteiger partial charge in [-0.2, -0.15) is 0 Å². The van der Waals surface area contributed by atoms with E-state index in [0.717, 1.165) is 17.4 Å². The normalized spacial score (nSPS) is 23.3. The molecule has 84 valence electrons. The van der Waals surface area contributed by atoms with Crippen molar-refractivity contribution in [2.45, 2.75) is 39.0 Å². The average molecular weight is 217 g/mol. The monoisotopic (exact) mass is 217 g/mol. The van der Waals surface area contributed by atoms with Crippen LogP contribution in [-0.2, 0) is 10.8 Å². The van der Waals surface area contributed by atoms with Crippen LogP contribution in [0.2, 0.25) is 0 Å². The Labute approximate surface area is 90.1 Å². The standard InChI is InChI=1S/C11H23NOS/c1-10(7-12)8-14(13)9-11-5-3-2-4-6-11/h10-11H,2-9,12H2,1H3. The van der Waals surface area contributed by atoms with Crippen molar-refractivity contribution in [1.29, 1.82) is 0 Å². The average Bonchev–Trinajstić information content (AvgIpc) is 2.19. The second-order valence-corrected chi connectivity index (χ2v) is 6.16. The van der Waals surface area contributed by atoms with E-state index in [1.165, 1.54) is 32.1 Å². The summed E-state index contributed by atoms with van der Waals surface area (Å²) >= 11 is 0. The lowest BCUT2D eigenvalue weighted by Crippen LogP contribution is -2.22. The van der Waals surface area contributed by atoms with Crippen LogP contribution in [0, 0.1) is 11.8 Å². The molecule has 0 aromatic rings. The van der Waals surface area contributed by atoms with Crippen molar-refractivity contribution in [2.24, 2.45) is 17.6 Å². The molecule has 0 heterocycles. The molecule has 0 spiro atoms. The highest BCUT2D eigenvalue weighted by molar-refractivity contribution is 7.85. The van der Waals surface area contributed by atoms with Gasteiger partial charge in [-0.25, -0.2) is 0 Å². The van der Waals surface area contributed by atoms with Crippen LogP contribution >= 0.6 is 0 Å². The fraction of sp³-hybridized carbons (Fsp3) is 1.00. The number of hydrogen-bond acceptors (Lipinski definition) is 2. The van der Waals surface area contributed by atoms with Gasteiger partial charge in [-0.1, -0.05) is 26.2 Å². The third-order valence-corrected chi connectivity index (χ3v) is 4.80. The van der Waals surface area contributed by atoms with E-state index in [1.807, 2.05) is 0 Å². The third-order valence-electron chi connectivity index (χ3n) is 3.02. The quantitative estimate of drug-likeness (QED) is 0.764. The first kappa shape index (κ1) is 12.2. The molecule has 0 amide bonds. The molecule has 1 rings (SSSR count). The van der Waals surface area contributed by atoms with Crippen LogP contribution in [0.4, 0.5) is 0 Å². The highest BCUT2D eigenvalue weighted by Gasteiger charge is 2.17. The largest absolute Gasteiger partial charge is 0.330 e. The molecule has 0 aliphatic heterocycles. The Bertz CT molecular complexity index is 178. The molecule has 0 bridgehead atoms. The fourth-order valence-corrected chi connectivity index (χ4v) is 3.84. The predicted octanol–water partition coefficient (Wildman–Crippen LogP) is 1.91. The molecule has 1 aliphatic rings. The smallest absolute Gasteiger partial charge is 0.0272 e. The third kappa shape index (κ3) is 4.56.